The summed E-state index contributed by atoms with van der Waals surface area (Å²) in [5.74, 6) is 5.33. The number of hydrogen-bond donors (Lipinski definition) is 1. The Morgan fingerprint density at radius 2 is 1.83 bits per heavy atom. The molecule has 0 radical (unpaired) electrons. The summed E-state index contributed by atoms with van der Waals surface area (Å²) in [7, 11) is 0. The van der Waals surface area contributed by atoms with Crippen LogP contribution >= 0.6 is 0 Å². The number of ketones is 1. The van der Waals surface area contributed by atoms with E-state index in [1.54, 1.807) is 0 Å². The molecule has 1 aliphatic heterocycles. The number of nitrogens with one attached hydrogen (secondary N) is 1. The number of allylic oxidation sites excluding steroid dienone is 2. The molecule has 0 amide bonds. The Labute approximate surface area is 179 Å². The molecule has 164 valence electrons. The molecular formula is C27H45NO. The highest BCUT2D eigenvalue weighted by molar-refractivity contribution is 5.91. The van der Waals surface area contributed by atoms with Gasteiger partial charge in [-0.1, -0.05) is 53.9 Å². The quantitative estimate of drug-likeness (QED) is 0.554. The van der Waals surface area contributed by atoms with Crippen molar-refractivity contribution in [2.75, 3.05) is 0 Å². The molecule has 4 unspecified atom stereocenters. The zero-order valence-electron chi connectivity index (χ0n) is 19.9. The largest absolute Gasteiger partial charge is 0.385 e. The van der Waals surface area contributed by atoms with Crippen LogP contribution in [0.25, 0.3) is 0 Å². The van der Waals surface area contributed by atoms with Crippen LogP contribution in [0.2, 0.25) is 0 Å². The normalized spacial score (nSPS) is 45.1. The van der Waals surface area contributed by atoms with Crippen LogP contribution in [-0.4, -0.2) is 11.8 Å². The van der Waals surface area contributed by atoms with Crippen molar-refractivity contribution >= 4 is 5.78 Å². The molecule has 1 N–H and O–H groups in total. The van der Waals surface area contributed by atoms with E-state index in [1.807, 2.05) is 6.08 Å². The fourth-order valence-electron chi connectivity index (χ4n) is 8.51. The molecule has 0 aromatic heterocycles. The predicted octanol–water partition coefficient (Wildman–Crippen LogP) is 6.75. The summed E-state index contributed by atoms with van der Waals surface area (Å²) in [6.45, 7) is 14.8. The van der Waals surface area contributed by atoms with Crippen LogP contribution in [0.4, 0.5) is 0 Å². The molecule has 1 saturated heterocycles. The Kier molecular flexibility index (Phi) is 5.71. The Morgan fingerprint density at radius 1 is 1.07 bits per heavy atom. The molecule has 0 aromatic rings. The van der Waals surface area contributed by atoms with Gasteiger partial charge in [-0.15, -0.1) is 0 Å². The topological polar surface area (TPSA) is 29.1 Å². The third kappa shape index (κ3) is 3.51. The fourth-order valence-corrected chi connectivity index (χ4v) is 8.51. The van der Waals surface area contributed by atoms with Crippen molar-refractivity contribution in [3.63, 3.8) is 0 Å². The van der Waals surface area contributed by atoms with Crippen molar-refractivity contribution in [1.82, 2.24) is 5.32 Å². The Balaban J connectivity index is 1.54. The van der Waals surface area contributed by atoms with Gasteiger partial charge in [-0.2, -0.15) is 0 Å². The lowest BCUT2D eigenvalue weighted by molar-refractivity contribution is -0.118. The third-order valence-electron chi connectivity index (χ3n) is 10.1. The van der Waals surface area contributed by atoms with Gasteiger partial charge >= 0.3 is 0 Å². The van der Waals surface area contributed by atoms with Gasteiger partial charge in [0.25, 0.3) is 0 Å². The first kappa shape index (κ1) is 21.4. The van der Waals surface area contributed by atoms with Crippen molar-refractivity contribution in [1.29, 1.82) is 0 Å². The molecular weight excluding hydrogens is 354 g/mol. The Bertz CT molecular complexity index is 665. The highest BCUT2D eigenvalue weighted by Crippen LogP contribution is 2.66. The van der Waals surface area contributed by atoms with Crippen LogP contribution < -0.4 is 5.32 Å². The number of carbonyl (C=O) groups is 1. The molecule has 2 heteroatoms. The van der Waals surface area contributed by atoms with E-state index in [0.29, 0.717) is 17.2 Å². The fraction of sp³-hybridized carbons (Fsp3) is 0.889. The SMILES string of the molecule is CC(C)CCCC(C)[C@H]1CCC2C3C(CC[C@@]21C)[C@@]1(C)CCC(=O)C=C1N[C@H]3C. The molecule has 0 spiro atoms. The highest BCUT2D eigenvalue weighted by atomic mass is 16.1. The van der Waals surface area contributed by atoms with E-state index in [-0.39, 0.29) is 5.41 Å². The molecule has 3 aliphatic carbocycles. The van der Waals surface area contributed by atoms with Gasteiger partial charge < -0.3 is 5.32 Å². The van der Waals surface area contributed by atoms with E-state index in [2.05, 4.69) is 46.9 Å². The summed E-state index contributed by atoms with van der Waals surface area (Å²) in [6.07, 6.45) is 13.6. The molecule has 2 saturated carbocycles. The van der Waals surface area contributed by atoms with Crippen LogP contribution in [0.15, 0.2) is 11.8 Å². The van der Waals surface area contributed by atoms with Crippen molar-refractivity contribution in [2.45, 2.75) is 105 Å². The van der Waals surface area contributed by atoms with Crippen molar-refractivity contribution < 1.29 is 4.79 Å². The average Bonchev–Trinajstić information content (AvgIpc) is 3.00. The average molecular weight is 400 g/mol. The highest BCUT2D eigenvalue weighted by Gasteiger charge is 2.61. The van der Waals surface area contributed by atoms with Gasteiger partial charge in [0.15, 0.2) is 5.78 Å². The lowest BCUT2D eigenvalue weighted by atomic mass is 9.48. The first-order valence-corrected chi connectivity index (χ1v) is 12.7. The van der Waals surface area contributed by atoms with Gasteiger partial charge in [-0.05, 0) is 80.0 Å². The minimum Gasteiger partial charge on any atom is -0.385 e. The predicted molar refractivity (Wildman–Crippen MR) is 121 cm³/mol. The number of carbonyl (C=O) groups excluding carboxylic acids is 1. The van der Waals surface area contributed by atoms with Crippen LogP contribution in [0.1, 0.15) is 99.3 Å². The zero-order valence-corrected chi connectivity index (χ0v) is 19.9. The van der Waals surface area contributed by atoms with Gasteiger partial charge in [0.05, 0.1) is 0 Å². The molecule has 1 heterocycles. The second kappa shape index (κ2) is 7.72. The van der Waals surface area contributed by atoms with E-state index in [0.717, 1.165) is 48.3 Å². The second-order valence-corrected chi connectivity index (χ2v) is 12.2. The standard InChI is InChI=1S/C27H45NO/c1-17(2)8-7-9-18(3)21-10-11-22-25-19(4)28-24-16-20(29)12-14-27(24,6)23(25)13-15-26(21,22)5/h16-19,21-23,25,28H,7-15H2,1-6H3/t18?,19-,21+,22?,23?,25?,26+,27+/m0/s1. The maximum atomic E-state index is 12.1. The number of piperidine rings is 1. The van der Waals surface area contributed by atoms with Crippen LogP contribution in [-0.2, 0) is 4.79 Å². The summed E-state index contributed by atoms with van der Waals surface area (Å²) in [5.41, 5.74) is 1.99. The molecule has 4 aliphatic rings. The molecule has 2 nitrogen and oxygen atoms in total. The maximum absolute atomic E-state index is 12.1. The van der Waals surface area contributed by atoms with Gasteiger partial charge in [0.2, 0.25) is 0 Å². The Morgan fingerprint density at radius 3 is 2.55 bits per heavy atom. The Hall–Kier alpha value is -0.790. The van der Waals surface area contributed by atoms with E-state index >= 15 is 0 Å². The van der Waals surface area contributed by atoms with E-state index in [1.165, 1.54) is 50.6 Å². The van der Waals surface area contributed by atoms with Crippen LogP contribution in [0.5, 0.6) is 0 Å². The number of rotatable bonds is 5. The molecule has 29 heavy (non-hydrogen) atoms. The summed E-state index contributed by atoms with van der Waals surface area (Å²) < 4.78 is 0. The lowest BCUT2D eigenvalue weighted by Gasteiger charge is -2.60. The maximum Gasteiger partial charge on any atom is 0.157 e. The summed E-state index contributed by atoms with van der Waals surface area (Å²) in [5, 5.41) is 3.85. The first-order chi connectivity index (χ1) is 13.7. The molecule has 4 rings (SSSR count). The van der Waals surface area contributed by atoms with Crippen molar-refractivity contribution in [3.05, 3.63) is 11.8 Å². The summed E-state index contributed by atoms with van der Waals surface area (Å²) >= 11 is 0. The van der Waals surface area contributed by atoms with Gasteiger partial charge in [-0.25, -0.2) is 0 Å². The molecule has 0 bridgehead atoms. The van der Waals surface area contributed by atoms with E-state index in [9.17, 15) is 4.79 Å². The molecule has 3 fully saturated rings. The number of hydrogen-bond acceptors (Lipinski definition) is 2. The minimum atomic E-state index is 0.202. The van der Waals surface area contributed by atoms with Crippen LogP contribution in [0.3, 0.4) is 0 Å². The lowest BCUT2D eigenvalue weighted by Crippen LogP contribution is -2.60. The second-order valence-electron chi connectivity index (χ2n) is 12.2. The smallest absolute Gasteiger partial charge is 0.157 e. The first-order valence-electron chi connectivity index (χ1n) is 12.7. The molecule has 8 atom stereocenters. The minimum absolute atomic E-state index is 0.202. The molecule has 0 aromatic carbocycles. The zero-order chi connectivity index (χ0) is 21.0. The van der Waals surface area contributed by atoms with Crippen molar-refractivity contribution in [3.8, 4) is 0 Å². The van der Waals surface area contributed by atoms with Gasteiger partial charge in [0, 0.05) is 29.7 Å². The van der Waals surface area contributed by atoms with E-state index in [4.69, 9.17) is 0 Å². The number of fused-ring (bicyclic) bond motifs is 5. The summed E-state index contributed by atoms with van der Waals surface area (Å²) in [6, 6.07) is 0.504. The van der Waals surface area contributed by atoms with E-state index < -0.39 is 0 Å². The van der Waals surface area contributed by atoms with Gasteiger partial charge in [-0.3, -0.25) is 4.79 Å². The monoisotopic (exact) mass is 399 g/mol. The summed E-state index contributed by atoms with van der Waals surface area (Å²) in [4.78, 5) is 12.1. The third-order valence-corrected chi connectivity index (χ3v) is 10.1. The van der Waals surface area contributed by atoms with Crippen LogP contribution in [0, 0.1) is 46.3 Å². The van der Waals surface area contributed by atoms with Crippen molar-refractivity contribution in [2.24, 2.45) is 46.3 Å². The van der Waals surface area contributed by atoms with Gasteiger partial charge in [0.1, 0.15) is 0 Å².